The van der Waals surface area contributed by atoms with Crippen LogP contribution in [0.2, 0.25) is 5.02 Å². The number of hydrazine groups is 1. The molecule has 0 fully saturated rings. The molecule has 1 N–H and O–H groups in total. The van der Waals surface area contributed by atoms with E-state index in [4.69, 9.17) is 23.2 Å². The number of carbonyl (C=O) groups is 1. The zero-order valence-electron chi connectivity index (χ0n) is 8.34. The highest BCUT2D eigenvalue weighted by molar-refractivity contribution is 6.30. The van der Waals surface area contributed by atoms with Crippen LogP contribution in [0.5, 0.6) is 0 Å². The van der Waals surface area contributed by atoms with Gasteiger partial charge in [-0.25, -0.2) is 5.01 Å². The number of hydrogen-bond acceptors (Lipinski definition) is 2. The van der Waals surface area contributed by atoms with Crippen LogP contribution in [0.4, 0.5) is 0 Å². The smallest absolute Gasteiger partial charge is 0.265 e. The lowest BCUT2D eigenvalue weighted by Crippen LogP contribution is -2.40. The molecule has 15 heavy (non-hydrogen) atoms. The van der Waals surface area contributed by atoms with Crippen LogP contribution in [-0.2, 0) is 0 Å². The Morgan fingerprint density at radius 1 is 1.40 bits per heavy atom. The maximum absolute atomic E-state index is 11.6. The second kappa shape index (κ2) is 5.95. The van der Waals surface area contributed by atoms with Crippen LogP contribution in [0, 0.1) is 0 Å². The minimum absolute atomic E-state index is 0.167. The third kappa shape index (κ3) is 4.08. The van der Waals surface area contributed by atoms with Gasteiger partial charge in [0.1, 0.15) is 0 Å². The molecule has 1 amide bonds. The fourth-order valence-electron chi connectivity index (χ4n) is 1.02. The predicted molar refractivity (Wildman–Crippen MR) is 62.3 cm³/mol. The van der Waals surface area contributed by atoms with E-state index in [2.05, 4.69) is 5.43 Å². The summed E-state index contributed by atoms with van der Waals surface area (Å²) in [4.78, 5) is 11.6. The number of rotatable bonds is 4. The van der Waals surface area contributed by atoms with E-state index in [1.54, 1.807) is 36.3 Å². The van der Waals surface area contributed by atoms with Crippen molar-refractivity contribution in [2.24, 2.45) is 0 Å². The SMILES string of the molecule is CN(CCCl)NC(=O)c1ccc(Cl)cc1. The zero-order valence-corrected chi connectivity index (χ0v) is 9.85. The molecule has 0 aliphatic carbocycles. The Labute approximate surface area is 98.9 Å². The number of halogens is 2. The number of alkyl halides is 1. The highest BCUT2D eigenvalue weighted by Gasteiger charge is 2.06. The lowest BCUT2D eigenvalue weighted by molar-refractivity contribution is 0.0836. The summed E-state index contributed by atoms with van der Waals surface area (Å²) in [5.74, 6) is 0.302. The molecule has 3 nitrogen and oxygen atoms in total. The Kier molecular flexibility index (Phi) is 4.88. The van der Waals surface area contributed by atoms with Gasteiger partial charge in [0.05, 0.1) is 0 Å². The van der Waals surface area contributed by atoms with Crippen molar-refractivity contribution in [2.45, 2.75) is 0 Å². The molecule has 1 aromatic rings. The normalized spacial score (nSPS) is 10.4. The van der Waals surface area contributed by atoms with Crippen molar-refractivity contribution in [2.75, 3.05) is 19.5 Å². The van der Waals surface area contributed by atoms with E-state index in [-0.39, 0.29) is 5.91 Å². The molecular formula is C10H12Cl2N2O. The summed E-state index contributed by atoms with van der Waals surface area (Å²) in [6.07, 6.45) is 0. The molecule has 82 valence electrons. The first-order chi connectivity index (χ1) is 7.13. The van der Waals surface area contributed by atoms with Crippen molar-refractivity contribution in [3.05, 3.63) is 34.9 Å². The van der Waals surface area contributed by atoms with E-state index < -0.39 is 0 Å². The van der Waals surface area contributed by atoms with Crippen LogP contribution in [-0.4, -0.2) is 30.4 Å². The molecule has 1 aromatic carbocycles. The fourth-order valence-corrected chi connectivity index (χ4v) is 1.40. The van der Waals surface area contributed by atoms with E-state index in [1.807, 2.05) is 0 Å². The van der Waals surface area contributed by atoms with Crippen molar-refractivity contribution in [1.82, 2.24) is 10.4 Å². The van der Waals surface area contributed by atoms with Gasteiger partial charge in [0.15, 0.2) is 0 Å². The average Bonchev–Trinajstić information content (AvgIpc) is 2.18. The van der Waals surface area contributed by atoms with E-state index >= 15 is 0 Å². The minimum Gasteiger partial charge on any atom is -0.285 e. The number of benzene rings is 1. The predicted octanol–water partition coefficient (Wildman–Crippen LogP) is 2.16. The maximum Gasteiger partial charge on any atom is 0.265 e. The first-order valence-electron chi connectivity index (χ1n) is 4.47. The summed E-state index contributed by atoms with van der Waals surface area (Å²) >= 11 is 11.2. The number of nitrogens with one attached hydrogen (secondary N) is 1. The van der Waals surface area contributed by atoms with Gasteiger partial charge in [-0.05, 0) is 24.3 Å². The molecule has 0 spiro atoms. The van der Waals surface area contributed by atoms with Crippen molar-refractivity contribution in [3.63, 3.8) is 0 Å². The largest absolute Gasteiger partial charge is 0.285 e. The molecule has 0 bridgehead atoms. The maximum atomic E-state index is 11.6. The van der Waals surface area contributed by atoms with E-state index in [0.29, 0.717) is 23.0 Å². The third-order valence-corrected chi connectivity index (χ3v) is 2.24. The van der Waals surface area contributed by atoms with E-state index in [1.165, 1.54) is 0 Å². The van der Waals surface area contributed by atoms with Gasteiger partial charge in [-0.2, -0.15) is 0 Å². The zero-order chi connectivity index (χ0) is 11.3. The topological polar surface area (TPSA) is 32.3 Å². The summed E-state index contributed by atoms with van der Waals surface area (Å²) < 4.78 is 0. The lowest BCUT2D eigenvalue weighted by Gasteiger charge is -2.16. The summed E-state index contributed by atoms with van der Waals surface area (Å²) in [7, 11) is 1.76. The van der Waals surface area contributed by atoms with E-state index in [0.717, 1.165) is 0 Å². The number of carbonyl (C=O) groups excluding carboxylic acids is 1. The van der Waals surface area contributed by atoms with Gasteiger partial charge in [-0.1, -0.05) is 11.6 Å². The van der Waals surface area contributed by atoms with Gasteiger partial charge in [0.25, 0.3) is 5.91 Å². The summed E-state index contributed by atoms with van der Waals surface area (Å²) in [5, 5.41) is 2.25. The molecule has 0 atom stereocenters. The van der Waals surface area contributed by atoms with Crippen LogP contribution in [0.25, 0.3) is 0 Å². The Morgan fingerprint density at radius 2 is 2.00 bits per heavy atom. The van der Waals surface area contributed by atoms with Crippen LogP contribution >= 0.6 is 23.2 Å². The monoisotopic (exact) mass is 246 g/mol. The van der Waals surface area contributed by atoms with Crippen LogP contribution < -0.4 is 5.43 Å². The molecule has 0 radical (unpaired) electrons. The van der Waals surface area contributed by atoms with Gasteiger partial charge in [-0.3, -0.25) is 10.2 Å². The van der Waals surface area contributed by atoms with Gasteiger partial charge >= 0.3 is 0 Å². The van der Waals surface area contributed by atoms with Crippen molar-refractivity contribution in [3.8, 4) is 0 Å². The summed E-state index contributed by atoms with van der Waals surface area (Å²) in [6, 6.07) is 6.70. The lowest BCUT2D eigenvalue weighted by atomic mass is 10.2. The van der Waals surface area contributed by atoms with Gasteiger partial charge in [0.2, 0.25) is 0 Å². The number of nitrogens with zero attached hydrogens (tertiary/aromatic N) is 1. The third-order valence-electron chi connectivity index (χ3n) is 1.82. The Balaban J connectivity index is 2.57. The number of hydrogen-bond donors (Lipinski definition) is 1. The van der Waals surface area contributed by atoms with Crippen LogP contribution in [0.1, 0.15) is 10.4 Å². The first kappa shape index (κ1) is 12.3. The minimum atomic E-state index is -0.167. The number of amides is 1. The van der Waals surface area contributed by atoms with Crippen molar-refractivity contribution < 1.29 is 4.79 Å². The first-order valence-corrected chi connectivity index (χ1v) is 5.38. The molecule has 0 saturated heterocycles. The second-order valence-electron chi connectivity index (χ2n) is 3.06. The molecular weight excluding hydrogens is 235 g/mol. The summed E-state index contributed by atoms with van der Waals surface area (Å²) in [6.45, 7) is 0.598. The van der Waals surface area contributed by atoms with Crippen LogP contribution in [0.3, 0.4) is 0 Å². The average molecular weight is 247 g/mol. The Morgan fingerprint density at radius 3 is 2.53 bits per heavy atom. The molecule has 0 aliphatic rings. The Hall–Kier alpha value is -0.770. The highest BCUT2D eigenvalue weighted by Crippen LogP contribution is 2.09. The van der Waals surface area contributed by atoms with Gasteiger partial charge < -0.3 is 0 Å². The highest BCUT2D eigenvalue weighted by atomic mass is 35.5. The summed E-state index contributed by atoms with van der Waals surface area (Å²) in [5.41, 5.74) is 3.25. The van der Waals surface area contributed by atoms with Crippen molar-refractivity contribution in [1.29, 1.82) is 0 Å². The van der Waals surface area contributed by atoms with Crippen molar-refractivity contribution >= 4 is 29.1 Å². The second-order valence-corrected chi connectivity index (χ2v) is 3.87. The fraction of sp³-hybridized carbons (Fsp3) is 0.300. The molecule has 0 aromatic heterocycles. The van der Waals surface area contributed by atoms with Gasteiger partial charge in [-0.15, -0.1) is 11.6 Å². The van der Waals surface area contributed by atoms with E-state index in [9.17, 15) is 4.79 Å². The molecule has 0 aliphatic heterocycles. The Bertz CT molecular complexity index is 327. The quantitative estimate of drug-likeness (QED) is 0.653. The molecule has 0 unspecified atom stereocenters. The standard InChI is InChI=1S/C10H12Cl2N2O/c1-14(7-6-11)13-10(15)8-2-4-9(12)5-3-8/h2-5H,6-7H2,1H3,(H,13,15). The molecule has 1 rings (SSSR count). The molecule has 5 heteroatoms. The molecule has 0 heterocycles. The van der Waals surface area contributed by atoms with Crippen LogP contribution in [0.15, 0.2) is 24.3 Å². The molecule has 0 saturated carbocycles. The van der Waals surface area contributed by atoms with Gasteiger partial charge in [0, 0.05) is 30.1 Å².